The van der Waals surface area contributed by atoms with Crippen LogP contribution in [0.3, 0.4) is 0 Å². The first-order chi connectivity index (χ1) is 6.96. The predicted molar refractivity (Wildman–Crippen MR) is 58.5 cm³/mol. The fraction of sp³-hybridized carbons (Fsp3) is 0.583. The maximum atomic E-state index is 11.7. The molecule has 3 nitrogen and oxygen atoms in total. The second-order valence-corrected chi connectivity index (χ2v) is 5.09. The maximum absolute atomic E-state index is 11.7. The second kappa shape index (κ2) is 3.40. The molecule has 1 amide bonds. The van der Waals surface area contributed by atoms with Gasteiger partial charge in [0.15, 0.2) is 0 Å². The Morgan fingerprint density at radius 2 is 2.27 bits per heavy atom. The largest absolute Gasteiger partial charge is 0.444 e. The van der Waals surface area contributed by atoms with Gasteiger partial charge in [0.05, 0.1) is 0 Å². The molecule has 0 aromatic heterocycles. The summed E-state index contributed by atoms with van der Waals surface area (Å²) in [7, 11) is 0. The van der Waals surface area contributed by atoms with Gasteiger partial charge in [-0.1, -0.05) is 18.2 Å². The summed E-state index contributed by atoms with van der Waals surface area (Å²) in [4.78, 5) is 13.5. The molecular formula is C12H17NO2. The van der Waals surface area contributed by atoms with Gasteiger partial charge in [0.2, 0.25) is 0 Å². The van der Waals surface area contributed by atoms with Crippen molar-refractivity contribution in [3.8, 4) is 0 Å². The van der Waals surface area contributed by atoms with Gasteiger partial charge >= 0.3 is 6.09 Å². The Balaban J connectivity index is 1.95. The molecule has 1 aliphatic carbocycles. The Morgan fingerprint density at radius 1 is 1.53 bits per heavy atom. The Bertz CT molecular complexity index is 336. The number of hydrogen-bond donors (Lipinski definition) is 0. The van der Waals surface area contributed by atoms with Crippen molar-refractivity contribution >= 4 is 6.09 Å². The van der Waals surface area contributed by atoms with Crippen molar-refractivity contribution in [1.82, 2.24) is 4.90 Å². The van der Waals surface area contributed by atoms with E-state index in [4.69, 9.17) is 4.74 Å². The molecule has 1 saturated heterocycles. The number of amides is 1. The molecule has 0 bridgehead atoms. The van der Waals surface area contributed by atoms with Gasteiger partial charge in [-0.25, -0.2) is 4.79 Å². The molecule has 1 atom stereocenters. The number of fused-ring (bicyclic) bond motifs is 1. The molecule has 0 radical (unpaired) electrons. The fourth-order valence-corrected chi connectivity index (χ4v) is 1.90. The fourth-order valence-electron chi connectivity index (χ4n) is 1.90. The lowest BCUT2D eigenvalue weighted by Crippen LogP contribution is -2.35. The molecule has 2 aliphatic rings. The summed E-state index contributed by atoms with van der Waals surface area (Å²) in [6.07, 6.45) is 6.09. The highest BCUT2D eigenvalue weighted by Crippen LogP contribution is 2.28. The number of allylic oxidation sites excluding steroid dienone is 2. The lowest BCUT2D eigenvalue weighted by molar-refractivity contribution is 0.0294. The first-order valence-corrected chi connectivity index (χ1v) is 5.31. The Labute approximate surface area is 90.4 Å². The molecular weight excluding hydrogens is 190 g/mol. The van der Waals surface area contributed by atoms with Crippen LogP contribution in [-0.4, -0.2) is 29.7 Å². The number of likely N-dealkylation sites (tertiary alicyclic amines) is 1. The normalized spacial score (nSPS) is 24.1. The van der Waals surface area contributed by atoms with Crippen LogP contribution in [0.1, 0.15) is 20.8 Å². The molecule has 2 rings (SSSR count). The van der Waals surface area contributed by atoms with Gasteiger partial charge < -0.3 is 9.64 Å². The van der Waals surface area contributed by atoms with Crippen LogP contribution in [0, 0.1) is 5.92 Å². The minimum Gasteiger partial charge on any atom is -0.444 e. The second-order valence-electron chi connectivity index (χ2n) is 5.09. The van der Waals surface area contributed by atoms with Gasteiger partial charge in [-0.2, -0.15) is 0 Å². The highest BCUT2D eigenvalue weighted by Gasteiger charge is 2.32. The van der Waals surface area contributed by atoms with Crippen LogP contribution in [0.2, 0.25) is 0 Å². The Morgan fingerprint density at radius 3 is 2.87 bits per heavy atom. The number of hydrogen-bond acceptors (Lipinski definition) is 2. The third-order valence-corrected chi connectivity index (χ3v) is 2.57. The van der Waals surface area contributed by atoms with Crippen LogP contribution < -0.4 is 0 Å². The summed E-state index contributed by atoms with van der Waals surface area (Å²) in [5, 5.41) is 0. The van der Waals surface area contributed by atoms with Crippen molar-refractivity contribution in [2.75, 3.05) is 13.1 Å². The average Bonchev–Trinajstić information content (AvgIpc) is 2.56. The Hall–Kier alpha value is -1.25. The lowest BCUT2D eigenvalue weighted by atomic mass is 10.1. The van der Waals surface area contributed by atoms with Gasteiger partial charge in [-0.3, -0.25) is 0 Å². The number of ether oxygens (including phenoxy) is 1. The van der Waals surface area contributed by atoms with E-state index in [9.17, 15) is 4.79 Å². The third-order valence-electron chi connectivity index (χ3n) is 2.57. The van der Waals surface area contributed by atoms with Crippen LogP contribution in [0.5, 0.6) is 0 Å². The van der Waals surface area contributed by atoms with Gasteiger partial charge in [-0.15, -0.1) is 0 Å². The van der Waals surface area contributed by atoms with E-state index in [2.05, 4.69) is 18.2 Å². The first-order valence-electron chi connectivity index (χ1n) is 5.31. The van der Waals surface area contributed by atoms with Crippen molar-refractivity contribution in [3.05, 3.63) is 23.8 Å². The minimum atomic E-state index is -0.404. The van der Waals surface area contributed by atoms with E-state index in [0.717, 1.165) is 6.54 Å². The van der Waals surface area contributed by atoms with E-state index in [0.29, 0.717) is 12.5 Å². The Kier molecular flexibility index (Phi) is 2.33. The summed E-state index contributed by atoms with van der Waals surface area (Å²) < 4.78 is 5.32. The summed E-state index contributed by atoms with van der Waals surface area (Å²) in [6.45, 7) is 7.15. The van der Waals surface area contributed by atoms with Crippen LogP contribution in [0.15, 0.2) is 23.8 Å². The zero-order valence-electron chi connectivity index (χ0n) is 9.49. The number of carbonyl (C=O) groups excluding carboxylic acids is 1. The third kappa shape index (κ3) is 2.22. The summed E-state index contributed by atoms with van der Waals surface area (Å²) in [5.41, 5.74) is 0.916. The van der Waals surface area contributed by atoms with E-state index in [1.807, 2.05) is 20.8 Å². The monoisotopic (exact) mass is 207 g/mol. The zero-order chi connectivity index (χ0) is 11.1. The molecule has 0 spiro atoms. The molecule has 0 aromatic carbocycles. The van der Waals surface area contributed by atoms with Gasteiger partial charge in [0, 0.05) is 19.0 Å². The molecule has 0 aromatic rings. The molecule has 82 valence electrons. The van der Waals surface area contributed by atoms with Crippen molar-refractivity contribution < 1.29 is 9.53 Å². The predicted octanol–water partition coefficient (Wildman–Crippen LogP) is 2.35. The van der Waals surface area contributed by atoms with Gasteiger partial charge in [-0.05, 0) is 26.3 Å². The van der Waals surface area contributed by atoms with Gasteiger partial charge in [0.1, 0.15) is 5.60 Å². The van der Waals surface area contributed by atoms with Crippen molar-refractivity contribution in [2.24, 2.45) is 5.92 Å². The molecule has 0 N–H and O–H groups in total. The van der Waals surface area contributed by atoms with Crippen molar-refractivity contribution in [1.29, 1.82) is 0 Å². The average molecular weight is 207 g/mol. The summed E-state index contributed by atoms with van der Waals surface area (Å²) in [5.74, 6) is 0.428. The highest BCUT2D eigenvalue weighted by molar-refractivity contribution is 5.69. The van der Waals surface area contributed by atoms with E-state index in [1.54, 1.807) is 4.90 Å². The molecule has 1 aliphatic heterocycles. The number of nitrogens with zero attached hydrogens (tertiary/aromatic N) is 1. The SMILES string of the molecule is CC(C)(C)OC(=O)N1CC2=CC=CC2C1. The van der Waals surface area contributed by atoms with Crippen LogP contribution in [-0.2, 0) is 4.74 Å². The maximum Gasteiger partial charge on any atom is 0.410 e. The standard InChI is InChI=1S/C12H17NO2/c1-12(2,3)15-11(14)13-7-9-5-4-6-10(9)8-13/h4-6,9H,7-8H2,1-3H3. The van der Waals surface area contributed by atoms with Gasteiger partial charge in [0.25, 0.3) is 0 Å². The molecule has 3 heteroatoms. The first kappa shape index (κ1) is 10.3. The summed E-state index contributed by atoms with van der Waals surface area (Å²) in [6, 6.07) is 0. The van der Waals surface area contributed by atoms with Crippen LogP contribution in [0.25, 0.3) is 0 Å². The number of carbonyl (C=O) groups is 1. The van der Waals surface area contributed by atoms with Crippen LogP contribution in [0.4, 0.5) is 4.79 Å². The van der Waals surface area contributed by atoms with Crippen molar-refractivity contribution in [2.45, 2.75) is 26.4 Å². The van der Waals surface area contributed by atoms with E-state index < -0.39 is 5.60 Å². The van der Waals surface area contributed by atoms with E-state index in [1.165, 1.54) is 5.57 Å². The highest BCUT2D eigenvalue weighted by atomic mass is 16.6. The topological polar surface area (TPSA) is 29.5 Å². The zero-order valence-corrected chi connectivity index (χ0v) is 9.49. The molecule has 1 unspecified atom stereocenters. The number of rotatable bonds is 0. The van der Waals surface area contributed by atoms with E-state index >= 15 is 0 Å². The lowest BCUT2D eigenvalue weighted by Gasteiger charge is -2.24. The summed E-state index contributed by atoms with van der Waals surface area (Å²) >= 11 is 0. The molecule has 15 heavy (non-hydrogen) atoms. The van der Waals surface area contributed by atoms with E-state index in [-0.39, 0.29) is 6.09 Å². The van der Waals surface area contributed by atoms with Crippen molar-refractivity contribution in [3.63, 3.8) is 0 Å². The smallest absolute Gasteiger partial charge is 0.410 e. The molecule has 0 saturated carbocycles. The minimum absolute atomic E-state index is 0.203. The molecule has 1 fully saturated rings. The van der Waals surface area contributed by atoms with Crippen LogP contribution >= 0.6 is 0 Å². The molecule has 1 heterocycles. The quantitative estimate of drug-likeness (QED) is 0.610.